The van der Waals surface area contributed by atoms with Crippen molar-refractivity contribution >= 4 is 82.9 Å². The third kappa shape index (κ3) is 9.90. The Morgan fingerprint density at radius 3 is 2.44 bits per heavy atom. The van der Waals surface area contributed by atoms with E-state index in [0.717, 1.165) is 15.8 Å². The van der Waals surface area contributed by atoms with Crippen molar-refractivity contribution < 1.29 is 0 Å². The second-order valence-corrected chi connectivity index (χ2v) is 5.81. The Balaban J connectivity index is 0.00000289. The van der Waals surface area contributed by atoms with E-state index in [2.05, 4.69) is 12.2 Å². The molecule has 0 aliphatic heterocycles. The molecule has 2 radical (unpaired) electrons. The summed E-state index contributed by atoms with van der Waals surface area (Å²) >= 11 is 7.04. The first-order valence-electron chi connectivity index (χ1n) is 6.31. The number of thioether (sulfide) groups is 1. The Bertz CT molecular complexity index is 317. The van der Waals surface area contributed by atoms with Crippen molar-refractivity contribution in [1.29, 1.82) is 0 Å². The van der Waals surface area contributed by atoms with E-state index in [0.29, 0.717) is 0 Å². The molecule has 0 aromatic heterocycles. The van der Waals surface area contributed by atoms with Gasteiger partial charge in [-0.1, -0.05) is 74.8 Å². The van der Waals surface area contributed by atoms with Crippen molar-refractivity contribution in [2.45, 2.75) is 39.0 Å². The Labute approximate surface area is 161 Å². The molecule has 0 aliphatic carbocycles. The molecule has 0 unspecified atom stereocenters. The molecule has 18 heavy (non-hydrogen) atoms. The molecule has 1 aromatic carbocycles. The number of nitrogens with one attached hydrogen (secondary N) is 1. The van der Waals surface area contributed by atoms with Crippen molar-refractivity contribution in [3.05, 3.63) is 30.3 Å². The molecule has 4 heteroatoms. The van der Waals surface area contributed by atoms with Crippen LogP contribution in [0.1, 0.15) is 39.0 Å². The van der Waals surface area contributed by atoms with Gasteiger partial charge in [-0.05, 0) is 18.6 Å². The van der Waals surface area contributed by atoms with Crippen LogP contribution in [-0.4, -0.2) is 59.0 Å². The SMILES string of the molecule is CCCCCCCSC(=S)Nc1ccccc1.[Ba]. The summed E-state index contributed by atoms with van der Waals surface area (Å²) in [4.78, 5) is 0. The van der Waals surface area contributed by atoms with Crippen molar-refractivity contribution in [3.63, 3.8) is 0 Å². The van der Waals surface area contributed by atoms with Crippen LogP contribution in [0.5, 0.6) is 0 Å². The van der Waals surface area contributed by atoms with Crippen LogP contribution in [0.4, 0.5) is 5.69 Å². The topological polar surface area (TPSA) is 12.0 Å². The second-order valence-electron chi connectivity index (χ2n) is 4.04. The van der Waals surface area contributed by atoms with Crippen LogP contribution in [-0.2, 0) is 0 Å². The molecule has 0 bridgehead atoms. The molecular weight excluding hydrogens is 384 g/mol. The number of thiocarbonyl (C=S) groups is 1. The summed E-state index contributed by atoms with van der Waals surface area (Å²) in [6.07, 6.45) is 6.62. The number of unbranched alkanes of at least 4 members (excludes halogenated alkanes) is 4. The van der Waals surface area contributed by atoms with Crippen LogP contribution in [0.15, 0.2) is 30.3 Å². The van der Waals surface area contributed by atoms with Crippen LogP contribution in [0.2, 0.25) is 0 Å². The Kier molecular flexibility index (Phi) is 13.8. The molecule has 96 valence electrons. The van der Waals surface area contributed by atoms with Crippen LogP contribution in [0.25, 0.3) is 0 Å². The van der Waals surface area contributed by atoms with Crippen molar-refractivity contribution in [1.82, 2.24) is 0 Å². The monoisotopic (exact) mass is 405 g/mol. The van der Waals surface area contributed by atoms with Gasteiger partial charge in [-0.3, -0.25) is 0 Å². The zero-order valence-electron chi connectivity index (χ0n) is 11.2. The van der Waals surface area contributed by atoms with Gasteiger partial charge in [0.05, 0.1) is 0 Å². The fourth-order valence-corrected chi connectivity index (χ4v) is 2.64. The fraction of sp³-hybridized carbons (Fsp3) is 0.500. The predicted octanol–water partition coefficient (Wildman–Crippen LogP) is 4.71. The van der Waals surface area contributed by atoms with Gasteiger partial charge in [0.15, 0.2) is 0 Å². The maximum atomic E-state index is 5.29. The molecule has 1 nitrogen and oxygen atoms in total. The van der Waals surface area contributed by atoms with E-state index in [1.54, 1.807) is 11.8 Å². The average Bonchev–Trinajstić information content (AvgIpc) is 2.35. The van der Waals surface area contributed by atoms with Gasteiger partial charge in [0.2, 0.25) is 0 Å². The Morgan fingerprint density at radius 2 is 1.78 bits per heavy atom. The van der Waals surface area contributed by atoms with Gasteiger partial charge in [-0.15, -0.1) is 0 Å². The number of rotatable bonds is 7. The maximum Gasteiger partial charge on any atom is 0.138 e. The molecule has 0 saturated carbocycles. The summed E-state index contributed by atoms with van der Waals surface area (Å²) in [5.74, 6) is 1.13. The van der Waals surface area contributed by atoms with Gasteiger partial charge < -0.3 is 5.32 Å². The molecule has 0 heterocycles. The second kappa shape index (κ2) is 13.0. The van der Waals surface area contributed by atoms with Gasteiger partial charge >= 0.3 is 0 Å². The van der Waals surface area contributed by atoms with Gasteiger partial charge in [0.1, 0.15) is 4.32 Å². The third-order valence-electron chi connectivity index (χ3n) is 2.50. The summed E-state index contributed by atoms with van der Waals surface area (Å²) in [6.45, 7) is 2.24. The Hall–Kier alpha value is 1.03. The van der Waals surface area contributed by atoms with Crippen molar-refractivity contribution in [2.75, 3.05) is 11.1 Å². The summed E-state index contributed by atoms with van der Waals surface area (Å²) in [5, 5.41) is 3.24. The quantitative estimate of drug-likeness (QED) is 0.402. The van der Waals surface area contributed by atoms with Crippen LogP contribution in [0.3, 0.4) is 0 Å². The number of benzene rings is 1. The fourth-order valence-electron chi connectivity index (χ4n) is 1.55. The number of hydrogen-bond acceptors (Lipinski definition) is 2. The number of para-hydroxylation sites is 1. The van der Waals surface area contributed by atoms with Gasteiger partial charge in [0.25, 0.3) is 0 Å². The molecule has 1 aromatic rings. The van der Waals surface area contributed by atoms with Crippen LogP contribution >= 0.6 is 24.0 Å². The minimum absolute atomic E-state index is 0. The standard InChI is InChI=1S/C14H21NS2.Ba/c1-2-3-4-5-9-12-17-14(16)15-13-10-7-6-8-11-13;/h6-8,10-11H,2-5,9,12H2,1H3,(H,15,16);. The van der Waals surface area contributed by atoms with E-state index in [9.17, 15) is 0 Å². The first-order valence-corrected chi connectivity index (χ1v) is 7.71. The van der Waals surface area contributed by atoms with Gasteiger partial charge in [0, 0.05) is 60.3 Å². The van der Waals surface area contributed by atoms with Gasteiger partial charge in [-0.2, -0.15) is 0 Å². The molecular formula is C14H21BaNS2. The van der Waals surface area contributed by atoms with E-state index in [1.165, 1.54) is 32.1 Å². The first kappa shape index (κ1) is 19.0. The number of hydrogen-bond donors (Lipinski definition) is 1. The minimum Gasteiger partial charge on any atom is -0.341 e. The summed E-state index contributed by atoms with van der Waals surface area (Å²) in [7, 11) is 0. The molecule has 0 spiro atoms. The smallest absolute Gasteiger partial charge is 0.138 e. The summed E-state index contributed by atoms with van der Waals surface area (Å²) in [5.41, 5.74) is 1.08. The predicted molar refractivity (Wildman–Crippen MR) is 89.6 cm³/mol. The largest absolute Gasteiger partial charge is 0.341 e. The normalized spacial score (nSPS) is 9.61. The Morgan fingerprint density at radius 1 is 1.11 bits per heavy atom. The van der Waals surface area contributed by atoms with Crippen LogP contribution < -0.4 is 5.32 Å². The molecule has 1 rings (SSSR count). The van der Waals surface area contributed by atoms with Crippen molar-refractivity contribution in [2.24, 2.45) is 0 Å². The van der Waals surface area contributed by atoms with Crippen molar-refractivity contribution in [3.8, 4) is 0 Å². The maximum absolute atomic E-state index is 5.29. The zero-order valence-corrected chi connectivity index (χ0v) is 17.2. The van der Waals surface area contributed by atoms with Crippen LogP contribution in [0, 0.1) is 0 Å². The molecule has 1 N–H and O–H groups in total. The molecule has 0 aliphatic rings. The summed E-state index contributed by atoms with van der Waals surface area (Å²) < 4.78 is 0.881. The average molecular weight is 405 g/mol. The van der Waals surface area contributed by atoms with E-state index in [-0.39, 0.29) is 48.9 Å². The minimum atomic E-state index is 0. The van der Waals surface area contributed by atoms with E-state index < -0.39 is 0 Å². The van der Waals surface area contributed by atoms with Gasteiger partial charge in [-0.25, -0.2) is 0 Å². The molecule has 0 atom stereocenters. The number of anilines is 1. The molecule has 0 fully saturated rings. The third-order valence-corrected chi connectivity index (χ3v) is 3.81. The molecule has 0 amide bonds. The summed E-state index contributed by atoms with van der Waals surface area (Å²) in [6, 6.07) is 10.1. The van der Waals surface area contributed by atoms with E-state index >= 15 is 0 Å². The zero-order chi connectivity index (χ0) is 12.3. The first-order chi connectivity index (χ1) is 8.33. The van der Waals surface area contributed by atoms with E-state index in [4.69, 9.17) is 12.2 Å². The molecule has 0 saturated heterocycles. The van der Waals surface area contributed by atoms with E-state index in [1.807, 2.05) is 30.3 Å².